The molecule has 7 nitrogen and oxygen atoms in total. The maximum absolute atomic E-state index is 10.9. The van der Waals surface area contributed by atoms with Gasteiger partial charge in [-0.15, -0.1) is 0 Å². The van der Waals surface area contributed by atoms with E-state index < -0.39 is 4.92 Å². The van der Waals surface area contributed by atoms with Gasteiger partial charge in [0.1, 0.15) is 5.69 Å². The lowest BCUT2D eigenvalue weighted by atomic mass is 10.1. The highest BCUT2D eigenvalue weighted by atomic mass is 16.6. The Morgan fingerprint density at radius 1 is 1.58 bits per heavy atom. The second kappa shape index (κ2) is 7.03. The number of hydrogen-bond acceptors (Lipinski definition) is 6. The molecule has 1 rings (SSSR count). The predicted octanol–water partition coefficient (Wildman–Crippen LogP) is 1.08. The van der Waals surface area contributed by atoms with Crippen LogP contribution in [0.5, 0.6) is 0 Å². The van der Waals surface area contributed by atoms with E-state index in [0.29, 0.717) is 18.7 Å². The lowest BCUT2D eigenvalue weighted by Gasteiger charge is -2.17. The van der Waals surface area contributed by atoms with Gasteiger partial charge in [0.05, 0.1) is 11.0 Å². The largest absolute Gasteiger partial charge is 0.393 e. The summed E-state index contributed by atoms with van der Waals surface area (Å²) >= 11 is 0. The van der Waals surface area contributed by atoms with Gasteiger partial charge >= 0.3 is 0 Å². The molecule has 1 unspecified atom stereocenters. The SMILES string of the molecule is CC(O)CCN(C)Cc1ccc(NN)c([N+](=O)[O-])c1. The monoisotopic (exact) mass is 268 g/mol. The summed E-state index contributed by atoms with van der Waals surface area (Å²) in [7, 11) is 1.91. The van der Waals surface area contributed by atoms with Crippen LogP contribution in [0.4, 0.5) is 11.4 Å². The van der Waals surface area contributed by atoms with Gasteiger partial charge in [0, 0.05) is 19.2 Å². The van der Waals surface area contributed by atoms with Crippen LogP contribution in [0.15, 0.2) is 18.2 Å². The zero-order valence-corrected chi connectivity index (χ0v) is 11.2. The third-order valence-electron chi connectivity index (χ3n) is 2.80. The number of nitro groups is 1. The molecule has 7 heteroatoms. The number of aliphatic hydroxyl groups excluding tert-OH is 1. The Labute approximate surface area is 112 Å². The fraction of sp³-hybridized carbons (Fsp3) is 0.500. The number of rotatable bonds is 7. The Morgan fingerprint density at radius 3 is 2.79 bits per heavy atom. The normalized spacial score (nSPS) is 12.5. The molecule has 1 atom stereocenters. The summed E-state index contributed by atoms with van der Waals surface area (Å²) in [5.74, 6) is 5.23. The minimum absolute atomic E-state index is 0.0380. The summed E-state index contributed by atoms with van der Waals surface area (Å²) in [4.78, 5) is 12.4. The fourth-order valence-electron chi connectivity index (χ4n) is 1.75. The van der Waals surface area contributed by atoms with Gasteiger partial charge < -0.3 is 15.4 Å². The van der Waals surface area contributed by atoms with Crippen LogP contribution in [0.3, 0.4) is 0 Å². The summed E-state index contributed by atoms with van der Waals surface area (Å²) in [6, 6.07) is 4.89. The zero-order chi connectivity index (χ0) is 14.4. The van der Waals surface area contributed by atoms with Crippen molar-refractivity contribution in [3.05, 3.63) is 33.9 Å². The molecule has 0 bridgehead atoms. The van der Waals surface area contributed by atoms with Gasteiger partial charge in [-0.1, -0.05) is 6.07 Å². The molecule has 0 aliphatic rings. The van der Waals surface area contributed by atoms with Gasteiger partial charge in [-0.05, 0) is 32.0 Å². The number of benzene rings is 1. The number of hydrazine groups is 1. The number of nitrogen functional groups attached to an aromatic ring is 1. The number of nitrogens with zero attached hydrogens (tertiary/aromatic N) is 2. The van der Waals surface area contributed by atoms with Crippen molar-refractivity contribution in [1.29, 1.82) is 0 Å². The highest BCUT2D eigenvalue weighted by Crippen LogP contribution is 2.25. The molecular weight excluding hydrogens is 248 g/mol. The molecule has 0 heterocycles. The standard InChI is InChI=1S/C12H20N4O3/c1-9(17)5-6-15(2)8-10-3-4-11(14-13)12(7-10)16(18)19/h3-4,7,9,14,17H,5-6,8,13H2,1-2H3. The van der Waals surface area contributed by atoms with Crippen molar-refractivity contribution in [2.75, 3.05) is 19.0 Å². The predicted molar refractivity (Wildman–Crippen MR) is 73.5 cm³/mol. The molecule has 0 saturated carbocycles. The first kappa shape index (κ1) is 15.4. The summed E-state index contributed by atoms with van der Waals surface area (Å²) in [5, 5.41) is 20.1. The van der Waals surface area contributed by atoms with E-state index in [0.717, 1.165) is 12.1 Å². The van der Waals surface area contributed by atoms with Crippen LogP contribution < -0.4 is 11.3 Å². The van der Waals surface area contributed by atoms with E-state index in [9.17, 15) is 15.2 Å². The van der Waals surface area contributed by atoms with E-state index in [1.807, 2.05) is 11.9 Å². The van der Waals surface area contributed by atoms with Crippen molar-refractivity contribution in [3.63, 3.8) is 0 Å². The first-order valence-electron chi connectivity index (χ1n) is 6.04. The second-order valence-electron chi connectivity index (χ2n) is 4.63. The Kier molecular flexibility index (Phi) is 5.68. The van der Waals surface area contributed by atoms with E-state index >= 15 is 0 Å². The molecule has 0 aliphatic heterocycles. The van der Waals surface area contributed by atoms with Gasteiger partial charge in [0.25, 0.3) is 5.69 Å². The first-order valence-corrected chi connectivity index (χ1v) is 6.04. The molecule has 0 spiro atoms. The number of aliphatic hydroxyl groups is 1. The van der Waals surface area contributed by atoms with Crippen LogP contribution in [0.2, 0.25) is 0 Å². The van der Waals surface area contributed by atoms with Gasteiger partial charge in [-0.25, -0.2) is 0 Å². The number of nitrogens with two attached hydrogens (primary N) is 1. The van der Waals surface area contributed by atoms with Gasteiger partial charge in [0.15, 0.2) is 0 Å². The van der Waals surface area contributed by atoms with Gasteiger partial charge in [0.2, 0.25) is 0 Å². The Bertz CT molecular complexity index is 437. The number of nitro benzene ring substituents is 1. The smallest absolute Gasteiger partial charge is 0.293 e. The summed E-state index contributed by atoms with van der Waals surface area (Å²) in [6.45, 7) is 3.04. The van der Waals surface area contributed by atoms with Crippen molar-refractivity contribution in [2.24, 2.45) is 5.84 Å². The molecule has 1 aromatic carbocycles. The lowest BCUT2D eigenvalue weighted by molar-refractivity contribution is -0.384. The highest BCUT2D eigenvalue weighted by molar-refractivity contribution is 5.61. The minimum atomic E-state index is -0.464. The third kappa shape index (κ3) is 4.82. The van der Waals surface area contributed by atoms with Crippen molar-refractivity contribution < 1.29 is 10.0 Å². The molecule has 0 fully saturated rings. The number of anilines is 1. The van der Waals surface area contributed by atoms with Crippen LogP contribution in [0.25, 0.3) is 0 Å². The van der Waals surface area contributed by atoms with Crippen molar-refractivity contribution in [1.82, 2.24) is 4.90 Å². The van der Waals surface area contributed by atoms with E-state index in [-0.39, 0.29) is 11.8 Å². The van der Waals surface area contributed by atoms with E-state index in [2.05, 4.69) is 5.43 Å². The van der Waals surface area contributed by atoms with E-state index in [1.165, 1.54) is 6.07 Å². The topological polar surface area (TPSA) is 105 Å². The Hall–Kier alpha value is -1.70. The molecule has 1 aromatic rings. The molecular formula is C12H20N4O3. The summed E-state index contributed by atoms with van der Waals surface area (Å²) in [6.07, 6.45) is 0.321. The summed E-state index contributed by atoms with van der Waals surface area (Å²) < 4.78 is 0. The zero-order valence-electron chi connectivity index (χ0n) is 11.2. The van der Waals surface area contributed by atoms with E-state index in [1.54, 1.807) is 19.1 Å². The molecule has 0 saturated heterocycles. The summed E-state index contributed by atoms with van der Waals surface area (Å²) in [5.41, 5.74) is 3.40. The molecule has 0 amide bonds. The molecule has 4 N–H and O–H groups in total. The number of hydrogen-bond donors (Lipinski definition) is 3. The molecule has 0 aliphatic carbocycles. The highest BCUT2D eigenvalue weighted by Gasteiger charge is 2.14. The first-order chi connectivity index (χ1) is 8.93. The Morgan fingerprint density at radius 2 is 2.26 bits per heavy atom. The lowest BCUT2D eigenvalue weighted by Crippen LogP contribution is -2.22. The van der Waals surface area contributed by atoms with Crippen molar-refractivity contribution in [3.8, 4) is 0 Å². The molecule has 19 heavy (non-hydrogen) atoms. The van der Waals surface area contributed by atoms with Crippen LogP contribution in [-0.4, -0.2) is 34.6 Å². The quantitative estimate of drug-likeness (QED) is 0.388. The van der Waals surface area contributed by atoms with Crippen molar-refractivity contribution >= 4 is 11.4 Å². The second-order valence-corrected chi connectivity index (χ2v) is 4.63. The van der Waals surface area contributed by atoms with Crippen LogP contribution in [0.1, 0.15) is 18.9 Å². The average Bonchev–Trinajstić information content (AvgIpc) is 2.36. The average molecular weight is 268 g/mol. The van der Waals surface area contributed by atoms with Gasteiger partial charge in [-0.3, -0.25) is 16.0 Å². The van der Waals surface area contributed by atoms with Crippen LogP contribution >= 0.6 is 0 Å². The maximum atomic E-state index is 10.9. The van der Waals surface area contributed by atoms with Crippen molar-refractivity contribution in [2.45, 2.75) is 26.0 Å². The molecule has 0 radical (unpaired) electrons. The van der Waals surface area contributed by atoms with E-state index in [4.69, 9.17) is 5.84 Å². The minimum Gasteiger partial charge on any atom is -0.393 e. The molecule has 106 valence electrons. The van der Waals surface area contributed by atoms with Gasteiger partial charge in [-0.2, -0.15) is 0 Å². The fourth-order valence-corrected chi connectivity index (χ4v) is 1.75. The molecule has 0 aromatic heterocycles. The van der Waals surface area contributed by atoms with Crippen LogP contribution in [0, 0.1) is 10.1 Å². The van der Waals surface area contributed by atoms with Crippen LogP contribution in [-0.2, 0) is 6.54 Å². The number of nitrogens with one attached hydrogen (secondary N) is 1. The third-order valence-corrected chi connectivity index (χ3v) is 2.80. The Balaban J connectivity index is 2.74. The maximum Gasteiger partial charge on any atom is 0.293 e.